The molecule has 0 aromatic carbocycles. The Morgan fingerprint density at radius 3 is 3.15 bits per heavy atom. The lowest BCUT2D eigenvalue weighted by molar-refractivity contribution is 0.0910. The topological polar surface area (TPSA) is 49.2 Å². The van der Waals surface area contributed by atoms with Crippen molar-refractivity contribution in [3.05, 3.63) is 6.33 Å². The van der Waals surface area contributed by atoms with E-state index in [4.69, 9.17) is 5.11 Å². The Morgan fingerprint density at radius 1 is 1.77 bits per heavy atom. The second-order valence-electron chi connectivity index (χ2n) is 3.20. The van der Waals surface area contributed by atoms with Gasteiger partial charge in [-0.2, -0.15) is 4.37 Å². The zero-order valence-corrected chi connectivity index (χ0v) is 7.80. The van der Waals surface area contributed by atoms with Crippen LogP contribution in [0.2, 0.25) is 0 Å². The van der Waals surface area contributed by atoms with Gasteiger partial charge in [0.15, 0.2) is 5.67 Å². The van der Waals surface area contributed by atoms with Crippen LogP contribution in [-0.2, 0) is 0 Å². The molecule has 13 heavy (non-hydrogen) atoms. The summed E-state index contributed by atoms with van der Waals surface area (Å²) in [6.45, 7) is 0.410. The molecule has 0 amide bonds. The maximum Gasteiger partial charge on any atom is 0.205 e. The van der Waals surface area contributed by atoms with E-state index >= 15 is 0 Å². The molecule has 1 aromatic rings. The minimum Gasteiger partial charge on any atom is -0.393 e. The third-order valence-electron chi connectivity index (χ3n) is 2.21. The van der Waals surface area contributed by atoms with Crippen molar-refractivity contribution in [1.82, 2.24) is 9.36 Å². The SMILES string of the molecule is OCC1(F)CCN(c2ncns2)C1. The zero-order chi connectivity index (χ0) is 9.31. The van der Waals surface area contributed by atoms with Crippen LogP contribution in [0.4, 0.5) is 9.52 Å². The van der Waals surface area contributed by atoms with Crippen molar-refractivity contribution in [2.45, 2.75) is 12.1 Å². The number of anilines is 1. The van der Waals surface area contributed by atoms with Gasteiger partial charge in [0.2, 0.25) is 5.13 Å². The van der Waals surface area contributed by atoms with Gasteiger partial charge in [-0.05, 0) is 0 Å². The smallest absolute Gasteiger partial charge is 0.205 e. The van der Waals surface area contributed by atoms with E-state index in [0.29, 0.717) is 13.0 Å². The lowest BCUT2D eigenvalue weighted by Crippen LogP contribution is -2.32. The van der Waals surface area contributed by atoms with Crippen LogP contribution in [0.15, 0.2) is 6.33 Å². The van der Waals surface area contributed by atoms with E-state index in [1.54, 1.807) is 0 Å². The molecule has 0 radical (unpaired) electrons. The fourth-order valence-electron chi connectivity index (χ4n) is 1.43. The van der Waals surface area contributed by atoms with Crippen molar-refractivity contribution in [3.8, 4) is 0 Å². The molecular weight excluding hydrogens is 193 g/mol. The Morgan fingerprint density at radius 2 is 2.62 bits per heavy atom. The highest BCUT2D eigenvalue weighted by molar-refractivity contribution is 7.09. The van der Waals surface area contributed by atoms with Crippen molar-refractivity contribution in [3.63, 3.8) is 0 Å². The van der Waals surface area contributed by atoms with E-state index in [0.717, 1.165) is 5.13 Å². The van der Waals surface area contributed by atoms with Gasteiger partial charge in [-0.3, -0.25) is 0 Å². The van der Waals surface area contributed by atoms with Gasteiger partial charge in [-0.1, -0.05) is 0 Å². The van der Waals surface area contributed by atoms with E-state index < -0.39 is 12.3 Å². The Labute approximate surface area is 79.2 Å². The maximum atomic E-state index is 13.5. The highest BCUT2D eigenvalue weighted by Crippen LogP contribution is 2.29. The quantitative estimate of drug-likeness (QED) is 0.758. The number of aliphatic hydroxyl groups excluding tert-OH is 1. The van der Waals surface area contributed by atoms with Crippen molar-refractivity contribution in [1.29, 1.82) is 0 Å². The number of nitrogens with zero attached hydrogens (tertiary/aromatic N) is 3. The Bertz CT molecular complexity index is 281. The molecule has 0 spiro atoms. The van der Waals surface area contributed by atoms with Crippen LogP contribution in [0, 0.1) is 0 Å². The molecule has 2 heterocycles. The summed E-state index contributed by atoms with van der Waals surface area (Å²) >= 11 is 1.25. The molecule has 4 nitrogen and oxygen atoms in total. The summed E-state index contributed by atoms with van der Waals surface area (Å²) in [6, 6.07) is 0. The molecule has 0 bridgehead atoms. The summed E-state index contributed by atoms with van der Waals surface area (Å²) in [5.74, 6) is 0. The van der Waals surface area contributed by atoms with Crippen LogP contribution in [0.3, 0.4) is 0 Å². The normalized spacial score (nSPS) is 28.3. The van der Waals surface area contributed by atoms with Crippen molar-refractivity contribution in [2.24, 2.45) is 0 Å². The fraction of sp³-hybridized carbons (Fsp3) is 0.714. The minimum atomic E-state index is -1.45. The summed E-state index contributed by atoms with van der Waals surface area (Å²) in [6.07, 6.45) is 1.82. The van der Waals surface area contributed by atoms with E-state index in [1.165, 1.54) is 17.9 Å². The van der Waals surface area contributed by atoms with Crippen LogP contribution < -0.4 is 4.90 Å². The molecule has 1 fully saturated rings. The van der Waals surface area contributed by atoms with E-state index in [1.807, 2.05) is 4.90 Å². The fourth-order valence-corrected chi connectivity index (χ4v) is 1.99. The second-order valence-corrected chi connectivity index (χ2v) is 3.96. The van der Waals surface area contributed by atoms with Crippen molar-refractivity contribution in [2.75, 3.05) is 24.6 Å². The lowest BCUT2D eigenvalue weighted by Gasteiger charge is -2.17. The summed E-state index contributed by atoms with van der Waals surface area (Å²) in [5, 5.41) is 9.54. The Kier molecular flexibility index (Phi) is 2.17. The predicted octanol–water partition coefficient (Wildman–Crippen LogP) is 0.449. The maximum absolute atomic E-state index is 13.5. The highest BCUT2D eigenvalue weighted by atomic mass is 32.1. The molecular formula is C7H10FN3OS. The molecule has 0 saturated carbocycles. The lowest BCUT2D eigenvalue weighted by atomic mass is 10.1. The molecule has 1 atom stereocenters. The number of hydrogen-bond acceptors (Lipinski definition) is 5. The van der Waals surface area contributed by atoms with Crippen LogP contribution in [0.5, 0.6) is 0 Å². The summed E-state index contributed by atoms with van der Waals surface area (Å²) < 4.78 is 17.4. The molecule has 1 saturated heterocycles. The molecule has 1 unspecified atom stereocenters. The molecule has 1 N–H and O–H groups in total. The van der Waals surface area contributed by atoms with Crippen LogP contribution in [0.1, 0.15) is 6.42 Å². The van der Waals surface area contributed by atoms with Gasteiger partial charge < -0.3 is 10.0 Å². The summed E-state index contributed by atoms with van der Waals surface area (Å²) in [7, 11) is 0. The van der Waals surface area contributed by atoms with Gasteiger partial charge in [-0.25, -0.2) is 9.37 Å². The highest BCUT2D eigenvalue weighted by Gasteiger charge is 2.38. The summed E-state index contributed by atoms with van der Waals surface area (Å²) in [4.78, 5) is 5.80. The number of aromatic nitrogens is 2. The first-order chi connectivity index (χ1) is 6.23. The van der Waals surface area contributed by atoms with Gasteiger partial charge in [0.1, 0.15) is 6.33 Å². The average Bonchev–Trinajstić information content (AvgIpc) is 2.73. The van der Waals surface area contributed by atoms with Crippen molar-refractivity contribution < 1.29 is 9.50 Å². The van der Waals surface area contributed by atoms with Gasteiger partial charge in [-0.15, -0.1) is 0 Å². The van der Waals surface area contributed by atoms with Gasteiger partial charge in [0, 0.05) is 24.5 Å². The first kappa shape index (κ1) is 8.83. The number of halogens is 1. The zero-order valence-electron chi connectivity index (χ0n) is 6.98. The van der Waals surface area contributed by atoms with Crippen molar-refractivity contribution >= 4 is 16.7 Å². The number of hydrogen-bond donors (Lipinski definition) is 1. The molecule has 1 aliphatic heterocycles. The molecule has 1 aliphatic rings. The molecule has 0 aliphatic carbocycles. The number of rotatable bonds is 2. The van der Waals surface area contributed by atoms with E-state index in [-0.39, 0.29) is 6.54 Å². The molecule has 1 aromatic heterocycles. The Balaban J connectivity index is 2.07. The average molecular weight is 203 g/mol. The van der Waals surface area contributed by atoms with E-state index in [2.05, 4.69) is 9.36 Å². The number of aliphatic hydroxyl groups is 1. The van der Waals surface area contributed by atoms with Crippen LogP contribution in [-0.4, -0.2) is 39.8 Å². The first-order valence-electron chi connectivity index (χ1n) is 4.05. The molecule has 72 valence electrons. The Hall–Kier alpha value is -0.750. The largest absolute Gasteiger partial charge is 0.393 e. The third kappa shape index (κ3) is 1.64. The minimum absolute atomic E-state index is 0.221. The molecule has 2 rings (SSSR count). The first-order valence-corrected chi connectivity index (χ1v) is 4.82. The van der Waals surface area contributed by atoms with Crippen LogP contribution >= 0.6 is 11.5 Å². The van der Waals surface area contributed by atoms with Gasteiger partial charge in [0.25, 0.3) is 0 Å². The molecule has 6 heteroatoms. The van der Waals surface area contributed by atoms with Gasteiger partial charge in [0.05, 0.1) is 13.2 Å². The van der Waals surface area contributed by atoms with E-state index in [9.17, 15) is 4.39 Å². The third-order valence-corrected chi connectivity index (χ3v) is 2.93. The predicted molar refractivity (Wildman–Crippen MR) is 47.7 cm³/mol. The van der Waals surface area contributed by atoms with Gasteiger partial charge >= 0.3 is 0 Å². The standard InChI is InChI=1S/C7H10FN3OS/c8-7(4-12)1-2-11(3-7)6-9-5-10-13-6/h5,12H,1-4H2. The number of alkyl halides is 1. The summed E-state index contributed by atoms with van der Waals surface area (Å²) in [5.41, 5.74) is -1.45. The van der Waals surface area contributed by atoms with Crippen LogP contribution in [0.25, 0.3) is 0 Å². The second kappa shape index (κ2) is 3.19. The monoisotopic (exact) mass is 203 g/mol.